The summed E-state index contributed by atoms with van der Waals surface area (Å²) >= 11 is 1.22. The van der Waals surface area contributed by atoms with E-state index in [1.165, 1.54) is 43.0 Å². The maximum absolute atomic E-state index is 13.6. The summed E-state index contributed by atoms with van der Waals surface area (Å²) in [4.78, 5) is 34.8. The monoisotopic (exact) mass is 691 g/mol. The lowest BCUT2D eigenvalue weighted by Crippen LogP contribution is -2.32. The van der Waals surface area contributed by atoms with Crippen LogP contribution in [0.25, 0.3) is 22.3 Å². The van der Waals surface area contributed by atoms with Crippen molar-refractivity contribution in [3.05, 3.63) is 94.3 Å². The maximum atomic E-state index is 13.6. The number of carboxylic acid groups (broad SMARTS) is 1. The summed E-state index contributed by atoms with van der Waals surface area (Å²) in [5, 5.41) is 9.71. The van der Waals surface area contributed by atoms with E-state index in [0.29, 0.717) is 51.0 Å². The number of methoxy groups -OCH3 is 1. The largest absolute Gasteiger partial charge is 0.496 e. The van der Waals surface area contributed by atoms with Gasteiger partial charge in [0, 0.05) is 17.3 Å². The van der Waals surface area contributed by atoms with Gasteiger partial charge < -0.3 is 14.6 Å². The van der Waals surface area contributed by atoms with Crippen LogP contribution in [0.5, 0.6) is 5.75 Å². The van der Waals surface area contributed by atoms with Crippen molar-refractivity contribution in [2.75, 3.05) is 13.4 Å². The summed E-state index contributed by atoms with van der Waals surface area (Å²) < 4.78 is 92.4. The summed E-state index contributed by atoms with van der Waals surface area (Å²) in [5.74, 6) is -0.652. The van der Waals surface area contributed by atoms with E-state index in [4.69, 9.17) is 9.47 Å². The van der Waals surface area contributed by atoms with E-state index in [1.54, 1.807) is 43.5 Å². The molecule has 2 heterocycles. The van der Waals surface area contributed by atoms with Crippen molar-refractivity contribution in [1.82, 2.24) is 14.9 Å². The second kappa shape index (κ2) is 13.0. The minimum atomic E-state index is -5.07. The summed E-state index contributed by atoms with van der Waals surface area (Å²) in [6.45, 7) is 3.00. The van der Waals surface area contributed by atoms with E-state index >= 15 is 0 Å². The Balaban J connectivity index is 1.55. The van der Waals surface area contributed by atoms with Gasteiger partial charge in [0.05, 0.1) is 42.1 Å². The molecule has 5 rings (SSSR count). The van der Waals surface area contributed by atoms with Crippen LogP contribution in [0.2, 0.25) is 0 Å². The SMILES string of the molecule is COc1ccc(-c2ccc(C(=O)O)cc2C)cc1-c1cnc(SC)nc1CN1C(=O)O[C@H](c2cc(C(F)(F)F)cc(C(F)(F)F)c2)[C@@H]1C. The highest BCUT2D eigenvalue weighted by Gasteiger charge is 2.43. The molecule has 0 saturated carbocycles. The Morgan fingerprint density at radius 2 is 1.65 bits per heavy atom. The molecule has 1 saturated heterocycles. The number of carbonyl (C=O) groups excluding carboxylic acids is 1. The molecule has 48 heavy (non-hydrogen) atoms. The van der Waals surface area contributed by atoms with Gasteiger partial charge in [0.15, 0.2) is 5.16 Å². The summed E-state index contributed by atoms with van der Waals surface area (Å²) in [7, 11) is 1.46. The number of alkyl halides is 6. The molecule has 1 amide bonds. The highest BCUT2D eigenvalue weighted by atomic mass is 32.2. The second-order valence-electron chi connectivity index (χ2n) is 11.0. The van der Waals surface area contributed by atoms with Crippen LogP contribution in [0.1, 0.15) is 51.3 Å². The molecule has 8 nitrogen and oxygen atoms in total. The number of amides is 1. The molecule has 1 N–H and O–H groups in total. The highest BCUT2D eigenvalue weighted by molar-refractivity contribution is 7.98. The van der Waals surface area contributed by atoms with E-state index in [9.17, 15) is 41.0 Å². The van der Waals surface area contributed by atoms with Crippen LogP contribution in [-0.4, -0.2) is 51.4 Å². The second-order valence-corrected chi connectivity index (χ2v) is 11.8. The molecule has 3 aromatic carbocycles. The number of cyclic esters (lactones) is 1. The molecule has 1 fully saturated rings. The smallest absolute Gasteiger partial charge is 0.416 e. The zero-order valence-electron chi connectivity index (χ0n) is 25.7. The summed E-state index contributed by atoms with van der Waals surface area (Å²) in [6, 6.07) is 10.1. The molecule has 1 aromatic heterocycles. The average Bonchev–Trinajstić information content (AvgIpc) is 3.31. The number of hydrogen-bond donors (Lipinski definition) is 1. The van der Waals surface area contributed by atoms with Gasteiger partial charge >= 0.3 is 24.4 Å². The van der Waals surface area contributed by atoms with Crippen molar-refractivity contribution >= 4 is 23.8 Å². The molecule has 2 atom stereocenters. The number of carboxylic acids is 1. The number of carbonyl (C=O) groups is 2. The van der Waals surface area contributed by atoms with Crippen LogP contribution in [-0.2, 0) is 23.6 Å². The Kier molecular flexibility index (Phi) is 9.37. The number of halogens is 6. The van der Waals surface area contributed by atoms with Crippen molar-refractivity contribution in [2.24, 2.45) is 0 Å². The van der Waals surface area contributed by atoms with Gasteiger partial charge in [-0.3, -0.25) is 4.90 Å². The number of aromatic carboxylic acids is 1. The summed E-state index contributed by atoms with van der Waals surface area (Å²) in [6.07, 6.45) is -9.28. The van der Waals surface area contributed by atoms with E-state index in [-0.39, 0.29) is 18.2 Å². The zero-order valence-corrected chi connectivity index (χ0v) is 26.5. The van der Waals surface area contributed by atoms with Crippen molar-refractivity contribution in [1.29, 1.82) is 0 Å². The minimum absolute atomic E-state index is 0.0172. The predicted molar refractivity (Wildman–Crippen MR) is 164 cm³/mol. The quantitative estimate of drug-likeness (QED) is 0.111. The number of benzene rings is 3. The molecular weight excluding hydrogens is 664 g/mol. The van der Waals surface area contributed by atoms with Crippen LogP contribution in [0.15, 0.2) is 66.0 Å². The fourth-order valence-electron chi connectivity index (χ4n) is 5.51. The molecule has 252 valence electrons. The lowest BCUT2D eigenvalue weighted by Gasteiger charge is -2.23. The minimum Gasteiger partial charge on any atom is -0.496 e. The number of nitrogens with zero attached hydrogens (tertiary/aromatic N) is 3. The topological polar surface area (TPSA) is 102 Å². The third-order valence-corrected chi connectivity index (χ3v) is 8.51. The van der Waals surface area contributed by atoms with E-state index < -0.39 is 53.3 Å². The first-order valence-electron chi connectivity index (χ1n) is 14.2. The molecule has 0 spiro atoms. The van der Waals surface area contributed by atoms with Gasteiger partial charge in [-0.25, -0.2) is 19.6 Å². The highest BCUT2D eigenvalue weighted by Crippen LogP contribution is 2.42. The Bertz CT molecular complexity index is 1870. The summed E-state index contributed by atoms with van der Waals surface area (Å²) in [5.41, 5.74) is 0.0514. The number of rotatable bonds is 8. The number of thioether (sulfide) groups is 1. The number of aromatic nitrogens is 2. The number of hydrogen-bond acceptors (Lipinski definition) is 7. The predicted octanol–water partition coefficient (Wildman–Crippen LogP) is 8.67. The van der Waals surface area contributed by atoms with Crippen LogP contribution >= 0.6 is 11.8 Å². The number of ether oxygens (including phenoxy) is 2. The average molecular weight is 692 g/mol. The number of aryl methyl sites for hydroxylation is 1. The Morgan fingerprint density at radius 1 is 0.979 bits per heavy atom. The molecule has 0 radical (unpaired) electrons. The van der Waals surface area contributed by atoms with Crippen LogP contribution in [0.3, 0.4) is 0 Å². The third-order valence-electron chi connectivity index (χ3n) is 7.95. The fourth-order valence-corrected chi connectivity index (χ4v) is 5.87. The van der Waals surface area contributed by atoms with Crippen LogP contribution in [0.4, 0.5) is 31.1 Å². The first-order valence-corrected chi connectivity index (χ1v) is 15.4. The van der Waals surface area contributed by atoms with Gasteiger partial charge in [-0.15, -0.1) is 0 Å². The molecule has 1 aliphatic rings. The maximum Gasteiger partial charge on any atom is 0.416 e. The van der Waals surface area contributed by atoms with Crippen molar-refractivity contribution < 1.29 is 50.5 Å². The molecule has 0 aliphatic carbocycles. The first-order chi connectivity index (χ1) is 22.5. The van der Waals surface area contributed by atoms with Gasteiger partial charge in [0.1, 0.15) is 11.9 Å². The normalized spacial score (nSPS) is 16.6. The van der Waals surface area contributed by atoms with Crippen molar-refractivity contribution in [3.8, 4) is 28.0 Å². The Hall–Kier alpha value is -4.79. The van der Waals surface area contributed by atoms with Crippen LogP contribution in [0, 0.1) is 6.92 Å². The third kappa shape index (κ3) is 6.91. The van der Waals surface area contributed by atoms with Crippen LogP contribution < -0.4 is 4.74 Å². The Labute approximate surface area is 274 Å². The molecule has 0 bridgehead atoms. The Morgan fingerprint density at radius 3 is 2.21 bits per heavy atom. The van der Waals surface area contributed by atoms with Crippen molar-refractivity contribution in [2.45, 2.75) is 50.0 Å². The molecular formula is C33H27F6N3O5S. The van der Waals surface area contributed by atoms with E-state index in [1.807, 2.05) is 0 Å². The zero-order chi connectivity index (χ0) is 35.1. The molecule has 4 aromatic rings. The molecule has 15 heteroatoms. The standard InChI is InChI=1S/C33H27F6N3O5S/c1-16-9-19(29(43)44)5-7-23(16)18-6-8-27(46-3)24(12-18)25-14-40-30(48-4)41-26(25)15-42-17(2)28(47-31(42)45)20-10-21(32(34,35)36)13-22(11-20)33(37,38)39/h5-14,17,28H,15H2,1-4H3,(H,43,44)/t17-,28-/m0/s1. The van der Waals surface area contributed by atoms with Gasteiger partial charge in [-0.2, -0.15) is 26.3 Å². The van der Waals surface area contributed by atoms with Gasteiger partial charge in [0.2, 0.25) is 0 Å². The van der Waals surface area contributed by atoms with Gasteiger partial charge in [-0.1, -0.05) is 23.9 Å². The van der Waals surface area contributed by atoms with E-state index in [2.05, 4.69) is 9.97 Å². The molecule has 1 aliphatic heterocycles. The van der Waals surface area contributed by atoms with E-state index in [0.717, 1.165) is 5.56 Å². The van der Waals surface area contributed by atoms with Gasteiger partial charge in [-0.05, 0) is 84.8 Å². The lowest BCUT2D eigenvalue weighted by molar-refractivity contribution is -0.143. The van der Waals surface area contributed by atoms with Crippen molar-refractivity contribution in [3.63, 3.8) is 0 Å². The van der Waals surface area contributed by atoms with Gasteiger partial charge in [0.25, 0.3) is 0 Å². The molecule has 0 unspecified atom stereocenters. The first kappa shape index (κ1) is 34.5. The fraction of sp³-hybridized carbons (Fsp3) is 0.273. The lowest BCUT2D eigenvalue weighted by atomic mass is 9.94.